The second-order valence-corrected chi connectivity index (χ2v) is 6.37. The zero-order valence-electron chi connectivity index (χ0n) is 12.2. The maximum atomic E-state index is 12.1. The van der Waals surface area contributed by atoms with Crippen LogP contribution >= 0.6 is 0 Å². The van der Waals surface area contributed by atoms with Crippen LogP contribution in [-0.2, 0) is 10.0 Å². The van der Waals surface area contributed by atoms with Crippen LogP contribution in [0.5, 0.6) is 0 Å². The van der Waals surface area contributed by atoms with Crippen LogP contribution in [0, 0.1) is 24.0 Å². The molecule has 0 aliphatic rings. The largest absolute Gasteiger partial charge is 0.433 e. The molecule has 0 saturated carbocycles. The minimum absolute atomic E-state index is 0.152. The van der Waals surface area contributed by atoms with Crippen LogP contribution in [0.1, 0.15) is 21.7 Å². The number of benzene rings is 1. The quantitative estimate of drug-likeness (QED) is 0.640. The molecule has 0 aliphatic heterocycles. The van der Waals surface area contributed by atoms with Crippen molar-refractivity contribution in [2.75, 3.05) is 5.32 Å². The Morgan fingerprint density at radius 2 is 1.96 bits per heavy atom. The molecule has 0 radical (unpaired) electrons. The lowest BCUT2D eigenvalue weighted by atomic mass is 10.1. The van der Waals surface area contributed by atoms with Crippen LogP contribution in [0.4, 0.5) is 11.6 Å². The van der Waals surface area contributed by atoms with Crippen LogP contribution < -0.4 is 10.5 Å². The third-order valence-corrected chi connectivity index (χ3v) is 4.11. The van der Waals surface area contributed by atoms with Gasteiger partial charge >= 0.3 is 5.88 Å². The van der Waals surface area contributed by atoms with Crippen molar-refractivity contribution >= 4 is 27.5 Å². The summed E-state index contributed by atoms with van der Waals surface area (Å²) in [4.78, 5) is 21.7. The van der Waals surface area contributed by atoms with E-state index in [1.54, 1.807) is 13.8 Å². The number of anilines is 1. The number of nitrogens with two attached hydrogens (primary N) is 1. The topological polar surface area (TPSA) is 146 Å². The maximum Gasteiger partial charge on any atom is 0.433 e. The van der Waals surface area contributed by atoms with Crippen LogP contribution in [0.15, 0.2) is 33.6 Å². The summed E-state index contributed by atoms with van der Waals surface area (Å²) >= 11 is 0. The Morgan fingerprint density at radius 3 is 2.48 bits per heavy atom. The normalized spacial score (nSPS) is 11.3. The number of hydrogen-bond acceptors (Lipinski definition) is 6. The average molecular weight is 339 g/mol. The zero-order chi connectivity index (χ0) is 17.4. The molecule has 9 nitrogen and oxygen atoms in total. The molecule has 3 N–H and O–H groups in total. The fourth-order valence-corrected chi connectivity index (χ4v) is 2.48. The number of carbonyl (C=O) groups excluding carboxylic acids is 1. The van der Waals surface area contributed by atoms with E-state index in [0.29, 0.717) is 11.1 Å². The first kappa shape index (κ1) is 16.6. The molecule has 0 fully saturated rings. The number of amides is 1. The monoisotopic (exact) mass is 339 g/mol. The molecule has 0 saturated heterocycles. The van der Waals surface area contributed by atoms with Crippen LogP contribution in [0.25, 0.3) is 0 Å². The lowest BCUT2D eigenvalue weighted by Gasteiger charge is -2.11. The molecule has 1 heterocycles. The molecule has 0 bridgehead atoms. The number of hydrogen-bond donors (Lipinski definition) is 2. The van der Waals surface area contributed by atoms with Crippen molar-refractivity contribution in [3.63, 3.8) is 0 Å². The van der Waals surface area contributed by atoms with Gasteiger partial charge in [0.1, 0.15) is 4.92 Å². The SMILES string of the molecule is Cc1cc(S(N)(=O)=O)cc(NC(=O)c2ccc([N+](=O)[O-])o2)c1C. The summed E-state index contributed by atoms with van der Waals surface area (Å²) in [6, 6.07) is 4.80. The van der Waals surface area contributed by atoms with Crippen LogP contribution in [0.3, 0.4) is 0 Å². The number of furan rings is 1. The molecule has 0 aliphatic carbocycles. The number of primary sulfonamides is 1. The van der Waals surface area contributed by atoms with Gasteiger partial charge in [0.25, 0.3) is 5.91 Å². The van der Waals surface area contributed by atoms with E-state index in [0.717, 1.165) is 12.1 Å². The Kier molecular flexibility index (Phi) is 4.21. The Labute approximate surface area is 131 Å². The molecule has 0 atom stereocenters. The fourth-order valence-electron chi connectivity index (χ4n) is 1.85. The summed E-state index contributed by atoms with van der Waals surface area (Å²) in [6.45, 7) is 3.35. The number of nitro groups is 1. The minimum Gasteiger partial charge on any atom is -0.395 e. The van der Waals surface area contributed by atoms with E-state index in [-0.39, 0.29) is 16.3 Å². The molecule has 2 aromatic rings. The van der Waals surface area contributed by atoms with Gasteiger partial charge in [0, 0.05) is 5.69 Å². The summed E-state index contributed by atoms with van der Waals surface area (Å²) in [7, 11) is -3.94. The second-order valence-electron chi connectivity index (χ2n) is 4.81. The van der Waals surface area contributed by atoms with Gasteiger partial charge < -0.3 is 9.73 Å². The highest BCUT2D eigenvalue weighted by molar-refractivity contribution is 7.89. The van der Waals surface area contributed by atoms with E-state index in [2.05, 4.69) is 5.32 Å². The van der Waals surface area contributed by atoms with Crippen molar-refractivity contribution in [2.45, 2.75) is 18.7 Å². The van der Waals surface area contributed by atoms with Gasteiger partial charge in [0.2, 0.25) is 10.0 Å². The van der Waals surface area contributed by atoms with Crippen molar-refractivity contribution in [1.82, 2.24) is 0 Å². The highest BCUT2D eigenvalue weighted by Crippen LogP contribution is 2.25. The average Bonchev–Trinajstić information content (AvgIpc) is 2.92. The van der Waals surface area contributed by atoms with Gasteiger partial charge in [-0.3, -0.25) is 14.9 Å². The first-order valence-corrected chi connectivity index (χ1v) is 7.84. The third kappa shape index (κ3) is 3.55. The molecule has 1 aromatic carbocycles. The molecular formula is C13H13N3O6S. The summed E-state index contributed by atoms with van der Waals surface area (Å²) in [5, 5.41) is 18.1. The first-order chi connectivity index (χ1) is 10.6. The number of sulfonamides is 1. The fraction of sp³-hybridized carbons (Fsp3) is 0.154. The molecular weight excluding hydrogens is 326 g/mol. The van der Waals surface area contributed by atoms with E-state index in [1.807, 2.05) is 0 Å². The van der Waals surface area contributed by atoms with Crippen molar-refractivity contribution in [3.05, 3.63) is 51.3 Å². The summed E-state index contributed by atoms with van der Waals surface area (Å²) in [5.74, 6) is -1.58. The standard InChI is InChI=1S/C13H13N3O6S/c1-7-5-9(23(14,20)21)6-10(8(7)2)15-13(17)11-3-4-12(22-11)16(18)19/h3-6H,1-2H3,(H,15,17)(H2,14,20,21). The van der Waals surface area contributed by atoms with Crippen LogP contribution in [0.2, 0.25) is 0 Å². The lowest BCUT2D eigenvalue weighted by Crippen LogP contribution is -2.16. The Balaban J connectivity index is 2.37. The highest BCUT2D eigenvalue weighted by atomic mass is 32.2. The van der Waals surface area contributed by atoms with Gasteiger partial charge in [-0.2, -0.15) is 0 Å². The summed E-state index contributed by atoms with van der Waals surface area (Å²) < 4.78 is 27.7. The number of rotatable bonds is 4. The first-order valence-electron chi connectivity index (χ1n) is 6.29. The maximum absolute atomic E-state index is 12.1. The van der Waals surface area contributed by atoms with Gasteiger partial charge in [-0.25, -0.2) is 13.6 Å². The molecule has 1 aromatic heterocycles. The highest BCUT2D eigenvalue weighted by Gasteiger charge is 2.19. The summed E-state index contributed by atoms with van der Waals surface area (Å²) in [5.41, 5.74) is 1.46. The van der Waals surface area contributed by atoms with E-state index < -0.39 is 26.7 Å². The van der Waals surface area contributed by atoms with Crippen molar-refractivity contribution in [3.8, 4) is 0 Å². The predicted molar refractivity (Wildman–Crippen MR) is 80.6 cm³/mol. The molecule has 10 heteroatoms. The number of carbonyl (C=O) groups is 1. The molecule has 2 rings (SSSR count). The van der Waals surface area contributed by atoms with Gasteiger partial charge in [0.05, 0.1) is 11.0 Å². The molecule has 122 valence electrons. The Bertz CT molecular complexity index is 900. The van der Waals surface area contributed by atoms with E-state index in [1.165, 1.54) is 12.1 Å². The third-order valence-electron chi connectivity index (χ3n) is 3.21. The number of aryl methyl sites for hydroxylation is 1. The molecule has 0 unspecified atom stereocenters. The lowest BCUT2D eigenvalue weighted by molar-refractivity contribution is -0.402. The Hall–Kier alpha value is -2.72. The molecule has 1 amide bonds. The number of nitrogens with zero attached hydrogens (tertiary/aromatic N) is 1. The van der Waals surface area contributed by atoms with Crippen molar-refractivity contribution < 1.29 is 22.6 Å². The predicted octanol–water partition coefficient (Wildman–Crippen LogP) is 1.70. The second kappa shape index (κ2) is 5.82. The molecule has 23 heavy (non-hydrogen) atoms. The van der Waals surface area contributed by atoms with E-state index in [4.69, 9.17) is 9.56 Å². The zero-order valence-corrected chi connectivity index (χ0v) is 13.0. The van der Waals surface area contributed by atoms with Gasteiger partial charge in [0.15, 0.2) is 5.76 Å². The smallest absolute Gasteiger partial charge is 0.395 e. The van der Waals surface area contributed by atoms with E-state index in [9.17, 15) is 23.3 Å². The van der Waals surface area contributed by atoms with Crippen molar-refractivity contribution in [2.24, 2.45) is 5.14 Å². The van der Waals surface area contributed by atoms with E-state index >= 15 is 0 Å². The van der Waals surface area contributed by atoms with Crippen LogP contribution in [-0.4, -0.2) is 19.2 Å². The Morgan fingerprint density at radius 1 is 1.30 bits per heavy atom. The summed E-state index contributed by atoms with van der Waals surface area (Å²) in [6.07, 6.45) is 0. The minimum atomic E-state index is -3.94. The van der Waals surface area contributed by atoms with Gasteiger partial charge in [-0.05, 0) is 43.2 Å². The molecule has 0 spiro atoms. The van der Waals surface area contributed by atoms with Gasteiger partial charge in [-0.15, -0.1) is 0 Å². The van der Waals surface area contributed by atoms with Gasteiger partial charge in [-0.1, -0.05) is 0 Å². The van der Waals surface area contributed by atoms with Crippen molar-refractivity contribution in [1.29, 1.82) is 0 Å². The number of nitrogens with one attached hydrogen (secondary N) is 1.